The minimum atomic E-state index is -0.0280. The van der Waals surface area contributed by atoms with Gasteiger partial charge in [-0.25, -0.2) is 4.98 Å². The Morgan fingerprint density at radius 2 is 1.70 bits per heavy atom. The summed E-state index contributed by atoms with van der Waals surface area (Å²) in [5, 5.41) is 1.06. The highest BCUT2D eigenvalue weighted by Crippen LogP contribution is 2.35. The van der Waals surface area contributed by atoms with E-state index in [0.717, 1.165) is 40.7 Å². The van der Waals surface area contributed by atoms with Gasteiger partial charge in [-0.1, -0.05) is 12.1 Å². The molecule has 1 aliphatic carbocycles. The SMILES string of the molecule is COc1ccc(C(=O)N(Cc2cc3ccc(C)cc3nc2N2CCN(C(C)=O)CC2)C2CC2)cc1OC. The molecule has 0 bridgehead atoms. The van der Waals surface area contributed by atoms with E-state index in [4.69, 9.17) is 14.5 Å². The maximum absolute atomic E-state index is 13.8. The van der Waals surface area contributed by atoms with Gasteiger partial charge in [0.15, 0.2) is 11.5 Å². The average Bonchev–Trinajstić information content (AvgIpc) is 3.76. The molecule has 194 valence electrons. The highest BCUT2D eigenvalue weighted by molar-refractivity contribution is 5.95. The van der Waals surface area contributed by atoms with Gasteiger partial charge < -0.3 is 24.2 Å². The van der Waals surface area contributed by atoms with E-state index < -0.39 is 0 Å². The number of hydrogen-bond donors (Lipinski definition) is 0. The number of carbonyl (C=O) groups is 2. The van der Waals surface area contributed by atoms with E-state index >= 15 is 0 Å². The number of fused-ring (bicyclic) bond motifs is 1. The van der Waals surface area contributed by atoms with Crippen molar-refractivity contribution in [1.82, 2.24) is 14.8 Å². The standard InChI is InChI=1S/C29H34N4O4/c1-19-5-6-21-16-23(28(30-25(21)15-19)32-13-11-31(12-14-32)20(2)34)18-33(24-8-9-24)29(35)22-7-10-26(36-3)27(17-22)37-4/h5-7,10,15-17,24H,8-9,11-14,18H2,1-4H3. The summed E-state index contributed by atoms with van der Waals surface area (Å²) in [5.74, 6) is 2.10. The van der Waals surface area contributed by atoms with Crippen LogP contribution in [-0.2, 0) is 11.3 Å². The van der Waals surface area contributed by atoms with Gasteiger partial charge in [-0.05, 0) is 55.7 Å². The van der Waals surface area contributed by atoms with Crippen LogP contribution in [0.1, 0.15) is 41.3 Å². The second-order valence-corrected chi connectivity index (χ2v) is 9.89. The van der Waals surface area contributed by atoms with Crippen LogP contribution in [0.15, 0.2) is 42.5 Å². The van der Waals surface area contributed by atoms with Crippen LogP contribution in [0.3, 0.4) is 0 Å². The van der Waals surface area contributed by atoms with Crippen molar-refractivity contribution >= 4 is 28.5 Å². The van der Waals surface area contributed by atoms with Crippen LogP contribution in [-0.4, -0.2) is 73.0 Å². The molecule has 0 radical (unpaired) electrons. The Morgan fingerprint density at radius 1 is 0.973 bits per heavy atom. The molecule has 2 aliphatic rings. The first-order valence-electron chi connectivity index (χ1n) is 12.8. The third-order valence-corrected chi connectivity index (χ3v) is 7.27. The molecule has 2 fully saturated rings. The number of rotatable bonds is 7. The number of hydrogen-bond acceptors (Lipinski definition) is 6. The number of aromatic nitrogens is 1. The Kier molecular flexibility index (Phi) is 6.91. The Morgan fingerprint density at radius 3 is 2.35 bits per heavy atom. The van der Waals surface area contributed by atoms with E-state index in [1.165, 1.54) is 0 Å². The summed E-state index contributed by atoms with van der Waals surface area (Å²) in [7, 11) is 3.16. The number of pyridine rings is 1. The number of aryl methyl sites for hydroxylation is 1. The number of methoxy groups -OCH3 is 2. The van der Waals surface area contributed by atoms with Crippen LogP contribution in [0, 0.1) is 6.92 Å². The minimum Gasteiger partial charge on any atom is -0.493 e. The zero-order valence-corrected chi connectivity index (χ0v) is 22.0. The molecule has 1 aromatic heterocycles. The molecule has 1 saturated carbocycles. The van der Waals surface area contributed by atoms with Gasteiger partial charge >= 0.3 is 0 Å². The first-order chi connectivity index (χ1) is 17.9. The number of piperazine rings is 1. The van der Waals surface area contributed by atoms with Crippen molar-refractivity contribution in [2.24, 2.45) is 0 Å². The number of anilines is 1. The Bertz CT molecular complexity index is 1330. The predicted molar refractivity (Wildman–Crippen MR) is 143 cm³/mol. The van der Waals surface area contributed by atoms with Gasteiger partial charge in [0.2, 0.25) is 5.91 Å². The van der Waals surface area contributed by atoms with Crippen molar-refractivity contribution < 1.29 is 19.1 Å². The highest BCUT2D eigenvalue weighted by Gasteiger charge is 2.34. The quantitative estimate of drug-likeness (QED) is 0.486. The zero-order valence-electron chi connectivity index (χ0n) is 22.0. The number of benzene rings is 2. The fourth-order valence-electron chi connectivity index (χ4n) is 5.01. The summed E-state index contributed by atoms with van der Waals surface area (Å²) in [5.41, 5.74) is 3.69. The van der Waals surface area contributed by atoms with Crippen molar-refractivity contribution in [2.75, 3.05) is 45.3 Å². The smallest absolute Gasteiger partial charge is 0.254 e. The van der Waals surface area contributed by atoms with Crippen molar-refractivity contribution in [3.63, 3.8) is 0 Å². The first kappa shape index (κ1) is 24.9. The van der Waals surface area contributed by atoms with Crippen LogP contribution in [0.4, 0.5) is 5.82 Å². The fourth-order valence-corrected chi connectivity index (χ4v) is 5.01. The molecule has 3 aromatic rings. The van der Waals surface area contributed by atoms with Gasteiger partial charge in [-0.15, -0.1) is 0 Å². The van der Waals surface area contributed by atoms with Crippen LogP contribution in [0.25, 0.3) is 10.9 Å². The van der Waals surface area contributed by atoms with Crippen molar-refractivity contribution in [3.05, 3.63) is 59.2 Å². The minimum absolute atomic E-state index is 0.0280. The third kappa shape index (κ3) is 5.19. The number of carbonyl (C=O) groups excluding carboxylic acids is 2. The molecule has 1 aliphatic heterocycles. The van der Waals surface area contributed by atoms with E-state index in [-0.39, 0.29) is 17.9 Å². The Labute approximate surface area is 217 Å². The number of amides is 2. The number of ether oxygens (including phenoxy) is 2. The van der Waals surface area contributed by atoms with E-state index in [0.29, 0.717) is 49.8 Å². The molecule has 5 rings (SSSR count). The second-order valence-electron chi connectivity index (χ2n) is 9.89. The molecule has 8 heteroatoms. The monoisotopic (exact) mass is 502 g/mol. The molecular weight excluding hydrogens is 468 g/mol. The maximum Gasteiger partial charge on any atom is 0.254 e. The summed E-state index contributed by atoms with van der Waals surface area (Å²) in [4.78, 5) is 36.8. The molecular formula is C29H34N4O4. The van der Waals surface area contributed by atoms with Gasteiger partial charge in [-0.3, -0.25) is 9.59 Å². The summed E-state index contributed by atoms with van der Waals surface area (Å²) < 4.78 is 10.8. The van der Waals surface area contributed by atoms with Crippen molar-refractivity contribution in [2.45, 2.75) is 39.3 Å². The van der Waals surface area contributed by atoms with Crippen molar-refractivity contribution in [3.8, 4) is 11.5 Å². The summed E-state index contributed by atoms with van der Waals surface area (Å²) in [6.07, 6.45) is 1.98. The van der Waals surface area contributed by atoms with Crippen LogP contribution in [0.2, 0.25) is 0 Å². The lowest BCUT2D eigenvalue weighted by Gasteiger charge is -2.36. The van der Waals surface area contributed by atoms with E-state index in [9.17, 15) is 9.59 Å². The lowest BCUT2D eigenvalue weighted by molar-refractivity contribution is -0.129. The third-order valence-electron chi connectivity index (χ3n) is 7.27. The Balaban J connectivity index is 1.49. The molecule has 0 unspecified atom stereocenters. The number of nitrogens with zero attached hydrogens (tertiary/aromatic N) is 4. The second kappa shape index (κ2) is 10.3. The normalized spacial score (nSPS) is 15.6. The van der Waals surface area contributed by atoms with Gasteiger partial charge in [0, 0.05) is 62.2 Å². The Hall–Kier alpha value is -3.81. The lowest BCUT2D eigenvalue weighted by Crippen LogP contribution is -2.48. The predicted octanol–water partition coefficient (Wildman–Crippen LogP) is 4.03. The molecule has 0 spiro atoms. The molecule has 37 heavy (non-hydrogen) atoms. The molecule has 1 saturated heterocycles. The largest absolute Gasteiger partial charge is 0.493 e. The van der Waals surface area contributed by atoms with E-state index in [1.807, 2.05) is 9.80 Å². The summed E-state index contributed by atoms with van der Waals surface area (Å²) >= 11 is 0. The molecule has 0 atom stereocenters. The molecule has 2 aromatic carbocycles. The first-order valence-corrected chi connectivity index (χ1v) is 12.8. The van der Waals surface area contributed by atoms with E-state index in [1.54, 1.807) is 39.3 Å². The van der Waals surface area contributed by atoms with Gasteiger partial charge in [-0.2, -0.15) is 0 Å². The molecule has 2 heterocycles. The fraction of sp³-hybridized carbons (Fsp3) is 0.414. The molecule has 2 amide bonds. The van der Waals surface area contributed by atoms with E-state index in [2.05, 4.69) is 36.1 Å². The summed E-state index contributed by atoms with van der Waals surface area (Å²) in [6.45, 7) is 6.91. The van der Waals surface area contributed by atoms with Crippen LogP contribution < -0.4 is 14.4 Å². The lowest BCUT2D eigenvalue weighted by atomic mass is 10.1. The van der Waals surface area contributed by atoms with Gasteiger partial charge in [0.05, 0.1) is 19.7 Å². The highest BCUT2D eigenvalue weighted by atomic mass is 16.5. The topological polar surface area (TPSA) is 75.2 Å². The summed E-state index contributed by atoms with van der Waals surface area (Å²) in [6, 6.07) is 14.0. The van der Waals surface area contributed by atoms with Gasteiger partial charge in [0.25, 0.3) is 5.91 Å². The van der Waals surface area contributed by atoms with Gasteiger partial charge in [0.1, 0.15) is 5.82 Å². The molecule has 0 N–H and O–H groups in total. The molecule has 8 nitrogen and oxygen atoms in total. The maximum atomic E-state index is 13.8. The van der Waals surface area contributed by atoms with Crippen molar-refractivity contribution in [1.29, 1.82) is 0 Å². The van der Waals surface area contributed by atoms with Crippen LogP contribution in [0.5, 0.6) is 11.5 Å². The average molecular weight is 503 g/mol. The zero-order chi connectivity index (χ0) is 26.1. The van der Waals surface area contributed by atoms with Crippen LogP contribution >= 0.6 is 0 Å².